The first-order valence-corrected chi connectivity index (χ1v) is 6.32. The summed E-state index contributed by atoms with van der Waals surface area (Å²) < 4.78 is 0. The molecule has 1 aromatic heterocycles. The van der Waals surface area contributed by atoms with Gasteiger partial charge in [-0.1, -0.05) is 13.0 Å². The molecule has 0 aliphatic rings. The molecule has 0 spiro atoms. The molecule has 0 bridgehead atoms. The van der Waals surface area contributed by atoms with Gasteiger partial charge >= 0.3 is 0 Å². The van der Waals surface area contributed by atoms with Gasteiger partial charge in [-0.3, -0.25) is 0 Å². The molecule has 0 unspecified atom stereocenters. The maximum absolute atomic E-state index is 5.73. The summed E-state index contributed by atoms with van der Waals surface area (Å²) in [6.45, 7) is 3.07. The van der Waals surface area contributed by atoms with Crippen LogP contribution in [-0.4, -0.2) is 0 Å². The topological polar surface area (TPSA) is 38.0 Å². The molecule has 16 heavy (non-hydrogen) atoms. The molecule has 1 heterocycles. The Morgan fingerprint density at radius 3 is 2.94 bits per heavy atom. The molecule has 2 nitrogen and oxygen atoms in total. The van der Waals surface area contributed by atoms with E-state index in [2.05, 4.69) is 23.7 Å². The monoisotopic (exact) mass is 232 g/mol. The molecule has 0 aliphatic carbocycles. The van der Waals surface area contributed by atoms with Gasteiger partial charge in [0.2, 0.25) is 0 Å². The van der Waals surface area contributed by atoms with Gasteiger partial charge in [0.1, 0.15) is 0 Å². The fraction of sp³-hybridized carbons (Fsp3) is 0.231. The number of thiophene rings is 1. The van der Waals surface area contributed by atoms with Crippen molar-refractivity contribution < 1.29 is 0 Å². The first kappa shape index (κ1) is 11.0. The van der Waals surface area contributed by atoms with E-state index in [0.29, 0.717) is 0 Å². The third kappa shape index (κ3) is 2.55. The summed E-state index contributed by atoms with van der Waals surface area (Å²) in [5, 5.41) is 5.54. The molecule has 2 rings (SSSR count). The number of nitrogens with one attached hydrogen (secondary N) is 1. The fourth-order valence-electron chi connectivity index (χ4n) is 1.67. The van der Waals surface area contributed by atoms with Crippen molar-refractivity contribution in [2.75, 3.05) is 11.1 Å². The van der Waals surface area contributed by atoms with Gasteiger partial charge in [-0.2, -0.15) is 0 Å². The van der Waals surface area contributed by atoms with Gasteiger partial charge in [0.05, 0.1) is 0 Å². The van der Waals surface area contributed by atoms with Crippen molar-refractivity contribution in [1.82, 2.24) is 0 Å². The van der Waals surface area contributed by atoms with Gasteiger partial charge in [-0.05, 0) is 41.6 Å². The van der Waals surface area contributed by atoms with E-state index in [-0.39, 0.29) is 0 Å². The van der Waals surface area contributed by atoms with E-state index in [4.69, 9.17) is 5.73 Å². The van der Waals surface area contributed by atoms with E-state index in [1.165, 1.54) is 10.4 Å². The molecule has 0 fully saturated rings. The highest BCUT2D eigenvalue weighted by molar-refractivity contribution is 7.10. The van der Waals surface area contributed by atoms with Gasteiger partial charge in [0.25, 0.3) is 0 Å². The van der Waals surface area contributed by atoms with Crippen LogP contribution in [0.2, 0.25) is 0 Å². The Bertz CT molecular complexity index is 462. The lowest BCUT2D eigenvalue weighted by Gasteiger charge is -2.07. The number of hydrogen-bond acceptors (Lipinski definition) is 3. The molecule has 1 aromatic carbocycles. The van der Waals surface area contributed by atoms with Crippen LogP contribution in [0.1, 0.15) is 17.4 Å². The third-order valence-corrected chi connectivity index (χ3v) is 3.52. The molecule has 0 saturated heterocycles. The first-order chi connectivity index (χ1) is 7.79. The first-order valence-electron chi connectivity index (χ1n) is 5.44. The lowest BCUT2D eigenvalue weighted by atomic mass is 10.2. The van der Waals surface area contributed by atoms with Crippen LogP contribution in [0.15, 0.2) is 35.7 Å². The maximum Gasteiger partial charge on any atom is 0.0496 e. The Morgan fingerprint density at radius 1 is 1.31 bits per heavy atom. The Morgan fingerprint density at radius 2 is 2.19 bits per heavy atom. The summed E-state index contributed by atoms with van der Waals surface area (Å²) >= 11 is 1.80. The minimum atomic E-state index is 0.798. The van der Waals surface area contributed by atoms with Gasteiger partial charge < -0.3 is 11.1 Å². The van der Waals surface area contributed by atoms with E-state index in [1.54, 1.807) is 11.3 Å². The highest BCUT2D eigenvalue weighted by Crippen LogP contribution is 2.19. The molecular formula is C13H16N2S. The molecule has 2 aromatic rings. The summed E-state index contributed by atoms with van der Waals surface area (Å²) in [7, 11) is 0. The van der Waals surface area contributed by atoms with Crippen LogP contribution in [-0.2, 0) is 13.0 Å². The Labute approximate surface area is 100 Å². The van der Waals surface area contributed by atoms with E-state index < -0.39 is 0 Å². The number of aryl methyl sites for hydroxylation is 1. The highest BCUT2D eigenvalue weighted by Gasteiger charge is 2.01. The minimum absolute atomic E-state index is 0.798. The molecule has 3 N–H and O–H groups in total. The number of benzene rings is 1. The van der Waals surface area contributed by atoms with Gasteiger partial charge in [-0.25, -0.2) is 0 Å². The molecule has 0 saturated carbocycles. The van der Waals surface area contributed by atoms with Gasteiger partial charge in [-0.15, -0.1) is 11.3 Å². The Kier molecular flexibility index (Phi) is 3.47. The van der Waals surface area contributed by atoms with Crippen LogP contribution >= 0.6 is 11.3 Å². The Balaban J connectivity index is 2.02. The second kappa shape index (κ2) is 5.03. The van der Waals surface area contributed by atoms with Crippen LogP contribution < -0.4 is 11.1 Å². The maximum atomic E-state index is 5.73. The van der Waals surface area contributed by atoms with Crippen LogP contribution in [0.25, 0.3) is 0 Å². The predicted molar refractivity (Wildman–Crippen MR) is 71.9 cm³/mol. The summed E-state index contributed by atoms with van der Waals surface area (Å²) in [6.07, 6.45) is 1.09. The smallest absolute Gasteiger partial charge is 0.0496 e. The van der Waals surface area contributed by atoms with E-state index in [0.717, 1.165) is 24.3 Å². The second-order valence-electron chi connectivity index (χ2n) is 3.70. The van der Waals surface area contributed by atoms with Crippen molar-refractivity contribution >= 4 is 22.7 Å². The zero-order chi connectivity index (χ0) is 11.4. The number of hydrogen-bond donors (Lipinski definition) is 2. The van der Waals surface area contributed by atoms with E-state index >= 15 is 0 Å². The molecule has 0 amide bonds. The molecular weight excluding hydrogens is 216 g/mol. The third-order valence-electron chi connectivity index (χ3n) is 2.56. The number of anilines is 2. The minimum Gasteiger partial charge on any atom is -0.399 e. The van der Waals surface area contributed by atoms with Gasteiger partial charge in [0, 0.05) is 22.8 Å². The number of rotatable bonds is 4. The fourth-order valence-corrected chi connectivity index (χ4v) is 2.58. The molecule has 84 valence electrons. The summed E-state index contributed by atoms with van der Waals surface area (Å²) in [6, 6.07) is 10.1. The van der Waals surface area contributed by atoms with Crippen LogP contribution in [0.3, 0.4) is 0 Å². The lowest BCUT2D eigenvalue weighted by Crippen LogP contribution is -2.00. The average molecular weight is 232 g/mol. The van der Waals surface area contributed by atoms with E-state index in [9.17, 15) is 0 Å². The van der Waals surface area contributed by atoms with Crippen molar-refractivity contribution in [2.45, 2.75) is 19.9 Å². The van der Waals surface area contributed by atoms with Crippen molar-refractivity contribution in [2.24, 2.45) is 0 Å². The normalized spacial score (nSPS) is 10.3. The van der Waals surface area contributed by atoms with Crippen LogP contribution in [0.5, 0.6) is 0 Å². The van der Waals surface area contributed by atoms with Crippen molar-refractivity contribution in [3.63, 3.8) is 0 Å². The lowest BCUT2D eigenvalue weighted by molar-refractivity contribution is 1.08. The SMILES string of the molecule is CCc1ccsc1CNc1cccc(N)c1. The number of nitrogens with two attached hydrogens (primary N) is 1. The van der Waals surface area contributed by atoms with Gasteiger partial charge in [0.15, 0.2) is 0 Å². The largest absolute Gasteiger partial charge is 0.399 e. The number of nitrogen functional groups attached to an aromatic ring is 1. The van der Waals surface area contributed by atoms with E-state index in [1.807, 2.05) is 24.3 Å². The van der Waals surface area contributed by atoms with Crippen molar-refractivity contribution in [3.8, 4) is 0 Å². The van der Waals surface area contributed by atoms with Crippen molar-refractivity contribution in [1.29, 1.82) is 0 Å². The Hall–Kier alpha value is -1.48. The van der Waals surface area contributed by atoms with Crippen LogP contribution in [0.4, 0.5) is 11.4 Å². The summed E-state index contributed by atoms with van der Waals surface area (Å²) in [4.78, 5) is 1.41. The summed E-state index contributed by atoms with van der Waals surface area (Å²) in [5.74, 6) is 0. The van der Waals surface area contributed by atoms with Crippen LogP contribution in [0, 0.1) is 0 Å². The highest BCUT2D eigenvalue weighted by atomic mass is 32.1. The quantitative estimate of drug-likeness (QED) is 0.792. The van der Waals surface area contributed by atoms with Crippen molar-refractivity contribution in [3.05, 3.63) is 46.2 Å². The molecule has 0 aliphatic heterocycles. The molecule has 0 radical (unpaired) electrons. The summed E-state index contributed by atoms with van der Waals surface area (Å²) in [5.41, 5.74) is 9.04. The second-order valence-corrected chi connectivity index (χ2v) is 4.70. The zero-order valence-electron chi connectivity index (χ0n) is 9.36. The standard InChI is InChI=1S/C13H16N2S/c1-2-10-6-7-16-13(10)9-15-12-5-3-4-11(14)8-12/h3-8,15H,2,9,14H2,1H3. The molecule has 3 heteroatoms. The average Bonchev–Trinajstić information content (AvgIpc) is 2.74. The molecule has 0 atom stereocenters. The zero-order valence-corrected chi connectivity index (χ0v) is 10.2. The predicted octanol–water partition coefficient (Wildman–Crippen LogP) is 3.50.